The maximum atomic E-state index is 13.5. The minimum Gasteiger partial charge on any atom is -0.378 e. The van der Waals surface area contributed by atoms with Crippen LogP contribution in [-0.4, -0.2) is 42.3 Å². The summed E-state index contributed by atoms with van der Waals surface area (Å²) in [5, 5.41) is 4.62. The number of amides is 2. The molecular formula is C16H17F2N5O2. The molecule has 25 heavy (non-hydrogen) atoms. The summed E-state index contributed by atoms with van der Waals surface area (Å²) < 4.78 is 32.3. The molecule has 2 heterocycles. The molecule has 7 nitrogen and oxygen atoms in total. The van der Waals surface area contributed by atoms with Gasteiger partial charge in [0, 0.05) is 19.3 Å². The molecule has 0 radical (unpaired) electrons. The maximum Gasteiger partial charge on any atom is 0.319 e. The van der Waals surface area contributed by atoms with Crippen molar-refractivity contribution in [3.63, 3.8) is 0 Å². The van der Waals surface area contributed by atoms with Gasteiger partial charge in [-0.3, -0.25) is 0 Å². The fraction of sp³-hybridized carbons (Fsp3) is 0.312. The van der Waals surface area contributed by atoms with Crippen LogP contribution in [0.4, 0.5) is 25.1 Å². The Morgan fingerprint density at radius 3 is 2.64 bits per heavy atom. The number of hydrogen-bond acceptors (Lipinski definition) is 5. The zero-order valence-corrected chi connectivity index (χ0v) is 13.3. The van der Waals surface area contributed by atoms with Crippen LogP contribution in [0.15, 0.2) is 30.5 Å². The van der Waals surface area contributed by atoms with E-state index >= 15 is 0 Å². The first kappa shape index (κ1) is 17.0. The number of hydrogen-bond donors (Lipinski definition) is 2. The van der Waals surface area contributed by atoms with E-state index in [9.17, 15) is 13.6 Å². The van der Waals surface area contributed by atoms with Crippen LogP contribution in [0.2, 0.25) is 0 Å². The van der Waals surface area contributed by atoms with E-state index in [1.807, 2.05) is 0 Å². The van der Waals surface area contributed by atoms with E-state index in [2.05, 4.69) is 25.5 Å². The summed E-state index contributed by atoms with van der Waals surface area (Å²) in [6.45, 7) is 2.76. The molecule has 0 atom stereocenters. The van der Waals surface area contributed by atoms with Crippen molar-refractivity contribution in [2.24, 2.45) is 0 Å². The zero-order chi connectivity index (χ0) is 17.6. The van der Waals surface area contributed by atoms with E-state index in [4.69, 9.17) is 4.74 Å². The van der Waals surface area contributed by atoms with Gasteiger partial charge in [0.05, 0.1) is 19.8 Å². The summed E-state index contributed by atoms with van der Waals surface area (Å²) in [4.78, 5) is 22.4. The molecule has 1 fully saturated rings. The molecule has 3 rings (SSSR count). The predicted octanol–water partition coefficient (Wildman–Crippen LogP) is 1.91. The molecule has 0 bridgehead atoms. The molecule has 1 aromatic carbocycles. The summed E-state index contributed by atoms with van der Waals surface area (Å²) in [7, 11) is 0. The molecule has 0 unspecified atom stereocenters. The van der Waals surface area contributed by atoms with Crippen LogP contribution in [-0.2, 0) is 11.3 Å². The van der Waals surface area contributed by atoms with Gasteiger partial charge in [-0.2, -0.15) is 0 Å². The third-order valence-corrected chi connectivity index (χ3v) is 3.63. The van der Waals surface area contributed by atoms with Crippen molar-refractivity contribution in [3.05, 3.63) is 47.9 Å². The predicted molar refractivity (Wildman–Crippen MR) is 87.3 cm³/mol. The molecule has 1 saturated heterocycles. The second kappa shape index (κ2) is 7.84. The van der Waals surface area contributed by atoms with E-state index in [0.29, 0.717) is 19.0 Å². The fourth-order valence-electron chi connectivity index (χ4n) is 2.38. The van der Waals surface area contributed by atoms with Gasteiger partial charge < -0.3 is 20.3 Å². The van der Waals surface area contributed by atoms with E-state index < -0.39 is 23.4 Å². The molecule has 2 N–H and O–H groups in total. The number of carbonyl (C=O) groups is 1. The number of halogens is 2. The van der Waals surface area contributed by atoms with Crippen LogP contribution in [0.1, 0.15) is 5.82 Å². The summed E-state index contributed by atoms with van der Waals surface area (Å²) in [5.41, 5.74) is -0.497. The number of anilines is 2. The number of para-hydroxylation sites is 1. The highest BCUT2D eigenvalue weighted by Gasteiger charge is 2.14. The zero-order valence-electron chi connectivity index (χ0n) is 13.3. The van der Waals surface area contributed by atoms with Gasteiger partial charge in [0.2, 0.25) is 0 Å². The lowest BCUT2D eigenvalue weighted by molar-refractivity contribution is 0.122. The smallest absolute Gasteiger partial charge is 0.319 e. The first-order valence-electron chi connectivity index (χ1n) is 7.77. The molecular weight excluding hydrogens is 332 g/mol. The molecule has 9 heteroatoms. The largest absolute Gasteiger partial charge is 0.378 e. The Kier molecular flexibility index (Phi) is 5.34. The molecule has 1 aromatic heterocycles. The molecule has 132 valence electrons. The van der Waals surface area contributed by atoms with Crippen molar-refractivity contribution in [3.8, 4) is 0 Å². The van der Waals surface area contributed by atoms with Crippen molar-refractivity contribution in [2.75, 3.05) is 36.5 Å². The summed E-state index contributed by atoms with van der Waals surface area (Å²) in [6, 6.07) is 4.38. The maximum absolute atomic E-state index is 13.5. The van der Waals surface area contributed by atoms with Gasteiger partial charge in [-0.1, -0.05) is 6.07 Å². The van der Waals surface area contributed by atoms with E-state index in [1.54, 1.807) is 12.3 Å². The normalized spacial score (nSPS) is 14.2. The summed E-state index contributed by atoms with van der Waals surface area (Å²) in [5.74, 6) is -0.551. The van der Waals surface area contributed by atoms with Gasteiger partial charge in [-0.05, 0) is 18.2 Å². The van der Waals surface area contributed by atoms with Crippen molar-refractivity contribution < 1.29 is 18.3 Å². The van der Waals surface area contributed by atoms with Gasteiger partial charge in [-0.15, -0.1) is 0 Å². The van der Waals surface area contributed by atoms with Crippen molar-refractivity contribution >= 4 is 17.5 Å². The topological polar surface area (TPSA) is 79.4 Å². The highest BCUT2D eigenvalue weighted by atomic mass is 19.1. The second-order valence-corrected chi connectivity index (χ2v) is 5.33. The first-order valence-corrected chi connectivity index (χ1v) is 7.77. The van der Waals surface area contributed by atoms with Crippen molar-refractivity contribution in [1.29, 1.82) is 0 Å². The Bertz CT molecular complexity index is 733. The van der Waals surface area contributed by atoms with Crippen LogP contribution in [0.5, 0.6) is 0 Å². The third-order valence-electron chi connectivity index (χ3n) is 3.63. The Morgan fingerprint density at radius 1 is 1.20 bits per heavy atom. The molecule has 1 aliphatic rings. The third kappa shape index (κ3) is 4.38. The Labute approximate surface area is 143 Å². The van der Waals surface area contributed by atoms with E-state index in [-0.39, 0.29) is 6.54 Å². The molecule has 2 amide bonds. The number of urea groups is 1. The second-order valence-electron chi connectivity index (χ2n) is 5.33. The minimum absolute atomic E-state index is 0.0279. The quantitative estimate of drug-likeness (QED) is 0.882. The minimum atomic E-state index is -0.847. The van der Waals surface area contributed by atoms with Crippen LogP contribution >= 0.6 is 0 Å². The lowest BCUT2D eigenvalue weighted by atomic mass is 10.3. The SMILES string of the molecule is O=C(NCc1nccc(N2CCOCC2)n1)Nc1c(F)cccc1F. The van der Waals surface area contributed by atoms with Crippen molar-refractivity contribution in [1.82, 2.24) is 15.3 Å². The molecule has 0 aliphatic carbocycles. The van der Waals surface area contributed by atoms with Crippen LogP contribution in [0.3, 0.4) is 0 Å². The number of benzene rings is 1. The molecule has 1 aliphatic heterocycles. The number of nitrogens with one attached hydrogen (secondary N) is 2. The van der Waals surface area contributed by atoms with Crippen LogP contribution < -0.4 is 15.5 Å². The van der Waals surface area contributed by atoms with Gasteiger partial charge in [-0.25, -0.2) is 23.5 Å². The van der Waals surface area contributed by atoms with Crippen LogP contribution in [0, 0.1) is 11.6 Å². The molecule has 0 spiro atoms. The standard InChI is InChI=1S/C16H17F2N5O2/c17-11-2-1-3-12(18)15(11)22-16(24)20-10-13-19-5-4-14(21-13)23-6-8-25-9-7-23/h1-5H,6-10H2,(H2,20,22,24). The number of ether oxygens (including phenoxy) is 1. The Balaban J connectivity index is 1.58. The van der Waals surface area contributed by atoms with Crippen LogP contribution in [0.25, 0.3) is 0 Å². The highest BCUT2D eigenvalue weighted by Crippen LogP contribution is 2.17. The lowest BCUT2D eigenvalue weighted by Gasteiger charge is -2.27. The average molecular weight is 349 g/mol. The van der Waals surface area contributed by atoms with Gasteiger partial charge in [0.1, 0.15) is 29.0 Å². The van der Waals surface area contributed by atoms with Gasteiger partial charge in [0.15, 0.2) is 0 Å². The van der Waals surface area contributed by atoms with Gasteiger partial charge in [0.25, 0.3) is 0 Å². The number of rotatable bonds is 4. The fourth-order valence-corrected chi connectivity index (χ4v) is 2.38. The van der Waals surface area contributed by atoms with Crippen molar-refractivity contribution in [2.45, 2.75) is 6.54 Å². The average Bonchev–Trinajstić information content (AvgIpc) is 2.64. The summed E-state index contributed by atoms with van der Waals surface area (Å²) >= 11 is 0. The number of nitrogens with zero attached hydrogens (tertiary/aromatic N) is 3. The molecule has 0 saturated carbocycles. The monoisotopic (exact) mass is 349 g/mol. The van der Waals surface area contributed by atoms with Gasteiger partial charge >= 0.3 is 6.03 Å². The Hall–Kier alpha value is -2.81. The lowest BCUT2D eigenvalue weighted by Crippen LogP contribution is -2.37. The van der Waals surface area contributed by atoms with E-state index in [0.717, 1.165) is 31.0 Å². The number of carbonyl (C=O) groups excluding carboxylic acids is 1. The number of morpholine rings is 1. The first-order chi connectivity index (χ1) is 12.1. The number of aromatic nitrogens is 2. The highest BCUT2D eigenvalue weighted by molar-refractivity contribution is 5.89. The Morgan fingerprint density at radius 2 is 1.92 bits per heavy atom. The molecule has 2 aromatic rings. The van der Waals surface area contributed by atoms with E-state index in [1.165, 1.54) is 6.07 Å². The summed E-state index contributed by atoms with van der Waals surface area (Å²) in [6.07, 6.45) is 1.60.